The van der Waals surface area contributed by atoms with Gasteiger partial charge in [0.25, 0.3) is 5.91 Å². The predicted molar refractivity (Wildman–Crippen MR) is 95.5 cm³/mol. The Morgan fingerprint density at radius 1 is 1.26 bits per heavy atom. The van der Waals surface area contributed by atoms with Crippen LogP contribution in [0.3, 0.4) is 0 Å². The van der Waals surface area contributed by atoms with E-state index in [4.69, 9.17) is 7.85 Å². The molecule has 0 aliphatic carbocycles. The van der Waals surface area contributed by atoms with Gasteiger partial charge in [0.2, 0.25) is 0 Å². The zero-order valence-corrected chi connectivity index (χ0v) is 13.8. The van der Waals surface area contributed by atoms with Crippen LogP contribution in [-0.4, -0.2) is 57.9 Å². The summed E-state index contributed by atoms with van der Waals surface area (Å²) < 4.78 is 0. The van der Waals surface area contributed by atoms with Gasteiger partial charge in [-0.15, -0.1) is 0 Å². The van der Waals surface area contributed by atoms with Crippen LogP contribution < -0.4 is 16.1 Å². The van der Waals surface area contributed by atoms with E-state index in [0.717, 1.165) is 17.7 Å². The van der Waals surface area contributed by atoms with Crippen LogP contribution in [0, 0.1) is 0 Å². The lowest BCUT2D eigenvalue weighted by atomic mass is 9.93. The standard InChI is InChI=1S/C17H21BN4O/c1-19-16-15(18)10-14(11-21-16)12-5-4-6-13(9-12)17(23)20-7-8-22(2)3/h4-6,9-11H,7-8H2,1-3H3,(H,19,21)(H,20,23). The Morgan fingerprint density at radius 3 is 2.70 bits per heavy atom. The number of hydrogen-bond donors (Lipinski definition) is 2. The summed E-state index contributed by atoms with van der Waals surface area (Å²) in [7, 11) is 11.7. The molecule has 5 nitrogen and oxygen atoms in total. The third-order valence-electron chi connectivity index (χ3n) is 3.46. The molecular formula is C17H21BN4O. The van der Waals surface area contributed by atoms with Gasteiger partial charge in [-0.25, -0.2) is 4.98 Å². The number of benzene rings is 1. The van der Waals surface area contributed by atoms with Gasteiger partial charge >= 0.3 is 0 Å². The molecule has 2 aromatic rings. The first kappa shape index (κ1) is 17.0. The number of carbonyl (C=O) groups is 1. The van der Waals surface area contributed by atoms with Crippen molar-refractivity contribution in [1.82, 2.24) is 15.2 Å². The fourth-order valence-electron chi connectivity index (χ4n) is 2.18. The highest BCUT2D eigenvalue weighted by molar-refractivity contribution is 6.35. The van der Waals surface area contributed by atoms with Crippen molar-refractivity contribution in [2.24, 2.45) is 0 Å². The molecule has 0 unspecified atom stereocenters. The summed E-state index contributed by atoms with van der Waals surface area (Å²) in [6.07, 6.45) is 1.74. The molecule has 0 atom stereocenters. The highest BCUT2D eigenvalue weighted by Crippen LogP contribution is 2.19. The van der Waals surface area contributed by atoms with Crippen molar-refractivity contribution in [2.75, 3.05) is 39.5 Å². The highest BCUT2D eigenvalue weighted by atomic mass is 16.1. The first-order valence-electron chi connectivity index (χ1n) is 7.48. The predicted octanol–water partition coefficient (Wildman–Crippen LogP) is 0.875. The van der Waals surface area contributed by atoms with Gasteiger partial charge in [-0.05, 0) is 37.4 Å². The molecular weight excluding hydrogens is 287 g/mol. The quantitative estimate of drug-likeness (QED) is 0.778. The molecule has 0 spiro atoms. The van der Waals surface area contributed by atoms with E-state index in [2.05, 4.69) is 15.6 Å². The summed E-state index contributed by atoms with van der Waals surface area (Å²) >= 11 is 0. The van der Waals surface area contributed by atoms with Gasteiger partial charge in [-0.3, -0.25) is 4.79 Å². The fraction of sp³-hybridized carbons (Fsp3) is 0.294. The largest absolute Gasteiger partial charge is 0.374 e. The summed E-state index contributed by atoms with van der Waals surface area (Å²) in [5, 5.41) is 5.84. The van der Waals surface area contributed by atoms with Gasteiger partial charge in [-0.1, -0.05) is 23.7 Å². The minimum absolute atomic E-state index is 0.0820. The second kappa shape index (κ2) is 7.79. The smallest absolute Gasteiger partial charge is 0.251 e. The van der Waals surface area contributed by atoms with Gasteiger partial charge in [0.05, 0.1) is 0 Å². The van der Waals surface area contributed by atoms with E-state index in [1.54, 1.807) is 19.3 Å². The maximum absolute atomic E-state index is 12.2. The minimum Gasteiger partial charge on any atom is -0.374 e. The first-order chi connectivity index (χ1) is 11.0. The highest BCUT2D eigenvalue weighted by Gasteiger charge is 2.08. The van der Waals surface area contributed by atoms with Crippen LogP contribution in [-0.2, 0) is 0 Å². The van der Waals surface area contributed by atoms with Crippen LogP contribution in [0.2, 0.25) is 0 Å². The Balaban J connectivity index is 2.16. The SMILES string of the molecule is [B]c1cc(-c2cccc(C(=O)NCCN(C)C)c2)cnc1NC. The average Bonchev–Trinajstić information content (AvgIpc) is 2.54. The third-order valence-corrected chi connectivity index (χ3v) is 3.46. The maximum atomic E-state index is 12.2. The average molecular weight is 308 g/mol. The topological polar surface area (TPSA) is 57.3 Å². The Labute approximate surface area is 138 Å². The van der Waals surface area contributed by atoms with Gasteiger partial charge in [0.15, 0.2) is 0 Å². The lowest BCUT2D eigenvalue weighted by molar-refractivity contribution is 0.0951. The van der Waals surface area contributed by atoms with Crippen LogP contribution in [0.5, 0.6) is 0 Å². The Hall–Kier alpha value is -2.34. The van der Waals surface area contributed by atoms with Gasteiger partial charge in [0, 0.05) is 31.9 Å². The van der Waals surface area contributed by atoms with Crippen molar-refractivity contribution in [2.45, 2.75) is 0 Å². The molecule has 6 heteroatoms. The number of nitrogens with one attached hydrogen (secondary N) is 2. The molecule has 1 heterocycles. The molecule has 118 valence electrons. The third kappa shape index (κ3) is 4.56. The summed E-state index contributed by atoms with van der Waals surface area (Å²) in [6, 6.07) is 9.29. The molecule has 2 rings (SSSR count). The fourth-order valence-corrected chi connectivity index (χ4v) is 2.18. The summed E-state index contributed by atoms with van der Waals surface area (Å²) in [4.78, 5) is 18.5. The van der Waals surface area contributed by atoms with Crippen LogP contribution in [0.15, 0.2) is 36.5 Å². The minimum atomic E-state index is -0.0820. The Bertz CT molecular complexity index is 688. The molecule has 2 N–H and O–H groups in total. The van der Waals surface area contributed by atoms with E-state index in [0.29, 0.717) is 23.4 Å². The van der Waals surface area contributed by atoms with Crippen molar-refractivity contribution in [3.8, 4) is 11.1 Å². The molecule has 1 aromatic heterocycles. The molecule has 0 fully saturated rings. The Kier molecular flexibility index (Phi) is 5.76. The van der Waals surface area contributed by atoms with Crippen molar-refractivity contribution >= 4 is 25.0 Å². The zero-order chi connectivity index (χ0) is 16.8. The number of likely N-dealkylation sites (N-methyl/N-ethyl adjacent to an activating group) is 1. The van der Waals surface area contributed by atoms with Gasteiger partial charge < -0.3 is 15.5 Å². The number of pyridine rings is 1. The second-order valence-corrected chi connectivity index (χ2v) is 5.55. The summed E-state index contributed by atoms with van der Waals surface area (Å²) in [6.45, 7) is 1.42. The van der Waals surface area contributed by atoms with E-state index in [9.17, 15) is 4.79 Å². The van der Waals surface area contributed by atoms with Crippen molar-refractivity contribution in [3.63, 3.8) is 0 Å². The second-order valence-electron chi connectivity index (χ2n) is 5.55. The molecule has 0 bridgehead atoms. The number of amides is 1. The molecule has 0 saturated carbocycles. The van der Waals surface area contributed by atoms with Gasteiger partial charge in [0.1, 0.15) is 13.7 Å². The number of anilines is 1. The van der Waals surface area contributed by atoms with Crippen LogP contribution in [0.1, 0.15) is 10.4 Å². The normalized spacial score (nSPS) is 10.6. The first-order valence-corrected chi connectivity index (χ1v) is 7.48. The number of aromatic nitrogens is 1. The zero-order valence-electron chi connectivity index (χ0n) is 13.8. The van der Waals surface area contributed by atoms with Gasteiger partial charge in [-0.2, -0.15) is 0 Å². The molecule has 1 aromatic carbocycles. The van der Waals surface area contributed by atoms with Crippen LogP contribution in [0.4, 0.5) is 5.82 Å². The maximum Gasteiger partial charge on any atom is 0.251 e. The number of rotatable bonds is 6. The van der Waals surface area contributed by atoms with Crippen molar-refractivity contribution < 1.29 is 4.79 Å². The monoisotopic (exact) mass is 308 g/mol. The molecule has 1 amide bonds. The molecule has 0 aliphatic heterocycles. The Morgan fingerprint density at radius 2 is 2.04 bits per heavy atom. The van der Waals surface area contributed by atoms with E-state index >= 15 is 0 Å². The van der Waals surface area contributed by atoms with E-state index in [1.165, 1.54) is 0 Å². The summed E-state index contributed by atoms with van der Waals surface area (Å²) in [5.74, 6) is 0.563. The molecule has 0 aliphatic rings. The number of carbonyl (C=O) groups excluding carboxylic acids is 1. The molecule has 0 saturated heterocycles. The lowest BCUT2D eigenvalue weighted by Crippen LogP contribution is -2.31. The van der Waals surface area contributed by atoms with E-state index < -0.39 is 0 Å². The van der Waals surface area contributed by atoms with Crippen molar-refractivity contribution in [3.05, 3.63) is 42.1 Å². The number of hydrogen-bond acceptors (Lipinski definition) is 4. The van der Waals surface area contributed by atoms with E-state index in [-0.39, 0.29) is 5.91 Å². The summed E-state index contributed by atoms with van der Waals surface area (Å²) in [5.41, 5.74) is 2.99. The number of nitrogens with zero attached hydrogens (tertiary/aromatic N) is 2. The lowest BCUT2D eigenvalue weighted by Gasteiger charge is -2.11. The molecule has 23 heavy (non-hydrogen) atoms. The van der Waals surface area contributed by atoms with Crippen molar-refractivity contribution in [1.29, 1.82) is 0 Å². The van der Waals surface area contributed by atoms with Crippen LogP contribution in [0.25, 0.3) is 11.1 Å². The van der Waals surface area contributed by atoms with Crippen LogP contribution >= 0.6 is 0 Å². The molecule has 2 radical (unpaired) electrons. The van der Waals surface area contributed by atoms with E-state index in [1.807, 2.05) is 43.3 Å².